The van der Waals surface area contributed by atoms with E-state index in [0.29, 0.717) is 6.54 Å². The Kier molecular flexibility index (Phi) is 2.38. The first-order valence-electron chi connectivity index (χ1n) is 8.26. The molecule has 1 aromatic carbocycles. The lowest BCUT2D eigenvalue weighted by atomic mass is 9.98. The fourth-order valence-corrected chi connectivity index (χ4v) is 4.10. The predicted octanol–water partition coefficient (Wildman–Crippen LogP) is 2.87. The molecule has 1 saturated carbocycles. The summed E-state index contributed by atoms with van der Waals surface area (Å²) >= 11 is 0. The number of para-hydroxylation sites is 1. The van der Waals surface area contributed by atoms with Gasteiger partial charge >= 0.3 is 0 Å². The maximum atomic E-state index is 12.9. The Morgan fingerprint density at radius 2 is 2.00 bits per heavy atom. The fourth-order valence-electron chi connectivity index (χ4n) is 4.10. The lowest BCUT2D eigenvalue weighted by Gasteiger charge is -2.16. The molecule has 5 rings (SSSR count). The number of amides is 1. The quantitative estimate of drug-likeness (QED) is 0.925. The summed E-state index contributed by atoms with van der Waals surface area (Å²) in [5.41, 5.74) is 4.59. The lowest BCUT2D eigenvalue weighted by Crippen LogP contribution is -2.31. The second-order valence-corrected chi connectivity index (χ2v) is 6.81. The minimum absolute atomic E-state index is 0.206. The molecule has 2 aliphatic carbocycles. The number of aryl methyl sites for hydroxylation is 2. The third-order valence-electron chi connectivity index (χ3n) is 5.43. The van der Waals surface area contributed by atoms with Crippen LogP contribution in [0.4, 0.5) is 5.69 Å². The Hall–Kier alpha value is -2.10. The number of fused-ring (bicyclic) bond motifs is 3. The number of aromatic nitrogens is 2. The Morgan fingerprint density at radius 3 is 2.82 bits per heavy atom. The molecule has 1 spiro atoms. The van der Waals surface area contributed by atoms with Crippen LogP contribution in [-0.2, 0) is 29.6 Å². The lowest BCUT2D eigenvalue weighted by molar-refractivity contribution is -0.120. The van der Waals surface area contributed by atoms with E-state index in [9.17, 15) is 4.79 Å². The van der Waals surface area contributed by atoms with Crippen LogP contribution in [0.25, 0.3) is 0 Å². The summed E-state index contributed by atoms with van der Waals surface area (Å²) in [5, 5.41) is 0. The van der Waals surface area contributed by atoms with Gasteiger partial charge in [-0.2, -0.15) is 0 Å². The highest BCUT2D eigenvalue weighted by Crippen LogP contribution is 2.57. The SMILES string of the molecule is O=C1N(Cc2nc3c([nH]2)CCCC3)c2ccccc2C12CC2. The van der Waals surface area contributed by atoms with Crippen molar-refractivity contribution in [3.63, 3.8) is 0 Å². The number of nitrogens with zero attached hydrogens (tertiary/aromatic N) is 2. The molecule has 4 heteroatoms. The molecule has 2 heterocycles. The average molecular weight is 293 g/mol. The third kappa shape index (κ3) is 1.58. The van der Waals surface area contributed by atoms with Crippen LogP contribution < -0.4 is 4.90 Å². The maximum absolute atomic E-state index is 12.9. The molecule has 1 amide bonds. The van der Waals surface area contributed by atoms with Gasteiger partial charge in [-0.05, 0) is 50.2 Å². The number of aromatic amines is 1. The highest BCUT2D eigenvalue weighted by molar-refractivity contribution is 6.09. The number of carbonyl (C=O) groups excluding carboxylic acids is 1. The van der Waals surface area contributed by atoms with Crippen LogP contribution in [0, 0.1) is 0 Å². The summed E-state index contributed by atoms with van der Waals surface area (Å²) in [6.07, 6.45) is 6.62. The first-order chi connectivity index (χ1) is 10.8. The van der Waals surface area contributed by atoms with Crippen molar-refractivity contribution in [2.24, 2.45) is 0 Å². The topological polar surface area (TPSA) is 49.0 Å². The average Bonchev–Trinajstić information content (AvgIpc) is 3.20. The van der Waals surface area contributed by atoms with Crippen LogP contribution in [0.15, 0.2) is 24.3 Å². The molecule has 0 atom stereocenters. The standard InChI is InChI=1S/C18H19N3O/c22-17-18(9-10-18)12-5-1-4-8-15(12)21(17)11-16-19-13-6-2-3-7-14(13)20-16/h1,4-5,8H,2-3,6-7,9-11H2,(H,19,20). The summed E-state index contributed by atoms with van der Waals surface area (Å²) < 4.78 is 0. The summed E-state index contributed by atoms with van der Waals surface area (Å²) in [4.78, 5) is 23.0. The van der Waals surface area contributed by atoms with E-state index in [4.69, 9.17) is 4.98 Å². The zero-order chi connectivity index (χ0) is 14.7. The van der Waals surface area contributed by atoms with Crippen LogP contribution in [0.3, 0.4) is 0 Å². The first kappa shape index (κ1) is 12.4. The summed E-state index contributed by atoms with van der Waals surface area (Å²) in [6.45, 7) is 0.574. The summed E-state index contributed by atoms with van der Waals surface area (Å²) in [5.74, 6) is 1.20. The van der Waals surface area contributed by atoms with E-state index in [0.717, 1.165) is 37.2 Å². The highest BCUT2D eigenvalue weighted by atomic mass is 16.2. The molecular formula is C18H19N3O. The number of H-pyrrole nitrogens is 1. The van der Waals surface area contributed by atoms with E-state index >= 15 is 0 Å². The van der Waals surface area contributed by atoms with Gasteiger partial charge in [-0.1, -0.05) is 18.2 Å². The zero-order valence-corrected chi connectivity index (χ0v) is 12.6. The molecule has 3 aliphatic rings. The second kappa shape index (κ2) is 4.22. The van der Waals surface area contributed by atoms with Gasteiger partial charge < -0.3 is 9.88 Å². The summed E-state index contributed by atoms with van der Waals surface area (Å²) in [7, 11) is 0. The van der Waals surface area contributed by atoms with Gasteiger partial charge in [-0.15, -0.1) is 0 Å². The number of hydrogen-bond donors (Lipinski definition) is 1. The molecule has 2 aromatic rings. The molecule has 22 heavy (non-hydrogen) atoms. The van der Waals surface area contributed by atoms with Crippen molar-refractivity contribution in [1.82, 2.24) is 9.97 Å². The molecule has 4 nitrogen and oxygen atoms in total. The minimum Gasteiger partial charge on any atom is -0.344 e. The van der Waals surface area contributed by atoms with E-state index in [1.165, 1.54) is 29.8 Å². The van der Waals surface area contributed by atoms with Gasteiger partial charge in [0.15, 0.2) is 0 Å². The Labute approximate surface area is 129 Å². The molecule has 1 aliphatic heterocycles. The van der Waals surface area contributed by atoms with E-state index in [-0.39, 0.29) is 11.3 Å². The highest BCUT2D eigenvalue weighted by Gasteiger charge is 2.59. The van der Waals surface area contributed by atoms with Crippen LogP contribution in [0.2, 0.25) is 0 Å². The number of rotatable bonds is 2. The van der Waals surface area contributed by atoms with Crippen molar-refractivity contribution in [3.8, 4) is 0 Å². The van der Waals surface area contributed by atoms with E-state index < -0.39 is 0 Å². The molecule has 0 radical (unpaired) electrons. The van der Waals surface area contributed by atoms with Crippen molar-refractivity contribution < 1.29 is 4.79 Å². The van der Waals surface area contributed by atoms with Gasteiger partial charge in [0.2, 0.25) is 5.91 Å². The van der Waals surface area contributed by atoms with Crippen LogP contribution in [0.1, 0.15) is 48.5 Å². The monoisotopic (exact) mass is 293 g/mol. The second-order valence-electron chi connectivity index (χ2n) is 6.81. The smallest absolute Gasteiger partial charge is 0.238 e. The number of benzene rings is 1. The van der Waals surface area contributed by atoms with Crippen molar-refractivity contribution in [3.05, 3.63) is 47.0 Å². The van der Waals surface area contributed by atoms with Crippen molar-refractivity contribution in [1.29, 1.82) is 0 Å². The van der Waals surface area contributed by atoms with Gasteiger partial charge in [0.25, 0.3) is 0 Å². The molecule has 0 saturated heterocycles. The molecule has 1 N–H and O–H groups in total. The number of imidazole rings is 1. The number of anilines is 1. The van der Waals surface area contributed by atoms with Crippen LogP contribution in [-0.4, -0.2) is 15.9 Å². The van der Waals surface area contributed by atoms with Gasteiger partial charge in [0.1, 0.15) is 5.82 Å². The van der Waals surface area contributed by atoms with E-state index in [2.05, 4.69) is 17.1 Å². The van der Waals surface area contributed by atoms with Crippen molar-refractivity contribution in [2.45, 2.75) is 50.5 Å². The van der Waals surface area contributed by atoms with Gasteiger partial charge in [0.05, 0.1) is 17.7 Å². The van der Waals surface area contributed by atoms with Gasteiger partial charge in [-0.3, -0.25) is 4.79 Å². The molecule has 112 valence electrons. The first-order valence-corrected chi connectivity index (χ1v) is 8.26. The largest absolute Gasteiger partial charge is 0.344 e. The number of nitrogens with one attached hydrogen (secondary N) is 1. The molecule has 1 aromatic heterocycles. The van der Waals surface area contributed by atoms with Crippen LogP contribution in [0.5, 0.6) is 0 Å². The van der Waals surface area contributed by atoms with Gasteiger partial charge in [-0.25, -0.2) is 4.98 Å². The van der Waals surface area contributed by atoms with E-state index in [1.54, 1.807) is 0 Å². The van der Waals surface area contributed by atoms with Crippen molar-refractivity contribution >= 4 is 11.6 Å². The molecule has 0 bridgehead atoms. The van der Waals surface area contributed by atoms with Gasteiger partial charge in [0, 0.05) is 11.4 Å². The maximum Gasteiger partial charge on any atom is 0.238 e. The molecule has 1 fully saturated rings. The Morgan fingerprint density at radius 1 is 1.18 bits per heavy atom. The molecular weight excluding hydrogens is 274 g/mol. The minimum atomic E-state index is -0.206. The Bertz CT molecular complexity index is 749. The number of carbonyl (C=O) groups is 1. The predicted molar refractivity (Wildman–Crippen MR) is 83.8 cm³/mol. The normalized spacial score (nSPS) is 21.1. The fraction of sp³-hybridized carbons (Fsp3) is 0.444. The van der Waals surface area contributed by atoms with Crippen LogP contribution >= 0.6 is 0 Å². The molecule has 0 unspecified atom stereocenters. The van der Waals surface area contributed by atoms with Crippen molar-refractivity contribution in [2.75, 3.05) is 4.90 Å². The Balaban J connectivity index is 1.51. The zero-order valence-electron chi connectivity index (χ0n) is 12.6. The third-order valence-corrected chi connectivity index (χ3v) is 5.43. The van der Waals surface area contributed by atoms with E-state index in [1.807, 2.05) is 17.0 Å². The summed E-state index contributed by atoms with van der Waals surface area (Å²) in [6, 6.07) is 8.26. The number of hydrogen-bond acceptors (Lipinski definition) is 2.